The summed E-state index contributed by atoms with van der Waals surface area (Å²) in [5.41, 5.74) is 1.51. The van der Waals surface area contributed by atoms with E-state index in [0.29, 0.717) is 29.4 Å². The predicted octanol–water partition coefficient (Wildman–Crippen LogP) is 2.23. The van der Waals surface area contributed by atoms with Gasteiger partial charge in [-0.3, -0.25) is 14.5 Å². The van der Waals surface area contributed by atoms with Gasteiger partial charge in [-0.15, -0.1) is 11.3 Å². The second-order valence-corrected chi connectivity index (χ2v) is 8.50. The number of aromatic nitrogens is 1. The Balaban J connectivity index is 1.48. The molecule has 2 aromatic rings. The Morgan fingerprint density at radius 2 is 2.00 bits per heavy atom. The third-order valence-electron chi connectivity index (χ3n) is 5.33. The molecule has 1 fully saturated rings. The van der Waals surface area contributed by atoms with Gasteiger partial charge in [-0.05, 0) is 18.9 Å². The summed E-state index contributed by atoms with van der Waals surface area (Å²) in [4.78, 5) is 55.4. The number of ether oxygens (including phenoxy) is 2. The number of rotatable bonds is 8. The number of amides is 3. The number of anilines is 1. The summed E-state index contributed by atoms with van der Waals surface area (Å²) in [7, 11) is 0. The van der Waals surface area contributed by atoms with Crippen LogP contribution < -0.4 is 15.5 Å². The van der Waals surface area contributed by atoms with Gasteiger partial charge in [0.15, 0.2) is 5.13 Å². The molecule has 0 aliphatic carbocycles. The normalized spacial score (nSPS) is 17.9. The zero-order valence-electron chi connectivity index (χ0n) is 18.5. The molecule has 0 radical (unpaired) electrons. The summed E-state index contributed by atoms with van der Waals surface area (Å²) in [6, 6.07) is 7.71. The fourth-order valence-corrected chi connectivity index (χ4v) is 4.65. The van der Waals surface area contributed by atoms with Crippen molar-refractivity contribution in [3.8, 4) is 0 Å². The van der Waals surface area contributed by atoms with Gasteiger partial charge < -0.3 is 20.1 Å². The number of benzene rings is 1. The number of carbonyl (C=O) groups is 4. The van der Waals surface area contributed by atoms with Crippen molar-refractivity contribution in [2.45, 2.75) is 32.2 Å². The predicted molar refractivity (Wildman–Crippen MR) is 123 cm³/mol. The molecule has 1 aromatic heterocycles. The summed E-state index contributed by atoms with van der Waals surface area (Å²) in [6.45, 7) is 2.14. The number of hydrogen-bond donors (Lipinski definition) is 2. The highest BCUT2D eigenvalue weighted by molar-refractivity contribution is 7.14. The van der Waals surface area contributed by atoms with Crippen LogP contribution in [0.3, 0.4) is 0 Å². The topological polar surface area (TPSA) is 127 Å². The van der Waals surface area contributed by atoms with Crippen molar-refractivity contribution < 1.29 is 28.7 Å². The number of hydrogen-bond acceptors (Lipinski definition) is 8. The van der Waals surface area contributed by atoms with E-state index in [-0.39, 0.29) is 36.8 Å². The van der Waals surface area contributed by atoms with Crippen molar-refractivity contribution in [3.63, 3.8) is 0 Å². The molecule has 34 heavy (non-hydrogen) atoms. The Hall–Kier alpha value is -3.73. The van der Waals surface area contributed by atoms with Gasteiger partial charge in [-0.2, -0.15) is 0 Å². The molecule has 3 heterocycles. The molecule has 178 valence electrons. The maximum Gasteiger partial charge on any atom is 0.338 e. The lowest BCUT2D eigenvalue weighted by molar-refractivity contribution is -0.143. The van der Waals surface area contributed by atoms with Gasteiger partial charge >= 0.3 is 18.0 Å². The molecule has 11 heteroatoms. The first-order valence-corrected chi connectivity index (χ1v) is 11.8. The van der Waals surface area contributed by atoms with Gasteiger partial charge in [0.05, 0.1) is 36.0 Å². The minimum atomic E-state index is -0.748. The molecule has 3 amide bonds. The molecule has 0 saturated carbocycles. The van der Waals surface area contributed by atoms with Crippen molar-refractivity contribution in [1.82, 2.24) is 15.6 Å². The lowest BCUT2D eigenvalue weighted by Crippen LogP contribution is -2.47. The highest BCUT2D eigenvalue weighted by Gasteiger charge is 2.34. The van der Waals surface area contributed by atoms with E-state index in [1.54, 1.807) is 41.5 Å². The second-order valence-electron chi connectivity index (χ2n) is 7.66. The van der Waals surface area contributed by atoms with Gasteiger partial charge in [0.25, 0.3) is 0 Å². The van der Waals surface area contributed by atoms with E-state index in [0.717, 1.165) is 6.42 Å². The van der Waals surface area contributed by atoms with Gasteiger partial charge in [0.1, 0.15) is 6.61 Å². The maximum atomic E-state index is 12.7. The second kappa shape index (κ2) is 10.5. The van der Waals surface area contributed by atoms with Crippen LogP contribution in [0.5, 0.6) is 0 Å². The van der Waals surface area contributed by atoms with Gasteiger partial charge in [-0.25, -0.2) is 14.6 Å². The van der Waals surface area contributed by atoms with E-state index in [1.807, 2.05) is 6.07 Å². The van der Waals surface area contributed by atoms with Crippen LogP contribution in [0.25, 0.3) is 0 Å². The SMILES string of the molecule is CCOC(=O)C1=C(COC(=O)Cc2csc(N3CCCC3=O)n2)NC(=O)N[C@H]1c1ccccc1. The molecule has 10 nitrogen and oxygen atoms in total. The first kappa shape index (κ1) is 23.4. The van der Waals surface area contributed by atoms with Crippen LogP contribution in [0, 0.1) is 0 Å². The molecule has 0 unspecified atom stereocenters. The van der Waals surface area contributed by atoms with Crippen LogP contribution >= 0.6 is 11.3 Å². The third-order valence-corrected chi connectivity index (χ3v) is 6.24. The van der Waals surface area contributed by atoms with Crippen molar-refractivity contribution >= 4 is 40.3 Å². The van der Waals surface area contributed by atoms with Crippen LogP contribution in [0.15, 0.2) is 47.0 Å². The summed E-state index contributed by atoms with van der Waals surface area (Å²) < 4.78 is 10.6. The lowest BCUT2D eigenvalue weighted by Gasteiger charge is -2.29. The average molecular weight is 485 g/mol. The fraction of sp³-hybridized carbons (Fsp3) is 0.348. The van der Waals surface area contributed by atoms with Gasteiger partial charge in [0.2, 0.25) is 5.91 Å². The number of carbonyl (C=O) groups excluding carboxylic acids is 4. The zero-order valence-corrected chi connectivity index (χ0v) is 19.4. The smallest absolute Gasteiger partial charge is 0.338 e. The van der Waals surface area contributed by atoms with E-state index in [1.165, 1.54) is 11.3 Å². The van der Waals surface area contributed by atoms with Gasteiger partial charge in [-0.1, -0.05) is 30.3 Å². The van der Waals surface area contributed by atoms with Crippen molar-refractivity contribution in [3.05, 3.63) is 58.2 Å². The summed E-state index contributed by atoms with van der Waals surface area (Å²) in [6.07, 6.45) is 1.19. The highest BCUT2D eigenvalue weighted by Crippen LogP contribution is 2.28. The van der Waals surface area contributed by atoms with Crippen molar-refractivity contribution in [2.24, 2.45) is 0 Å². The summed E-state index contributed by atoms with van der Waals surface area (Å²) in [5.74, 6) is -1.17. The number of nitrogens with one attached hydrogen (secondary N) is 2. The monoisotopic (exact) mass is 484 g/mol. The number of esters is 2. The molecule has 2 N–H and O–H groups in total. The summed E-state index contributed by atoms with van der Waals surface area (Å²) in [5, 5.41) is 7.56. The van der Waals surface area contributed by atoms with E-state index in [4.69, 9.17) is 9.47 Å². The molecule has 0 bridgehead atoms. The average Bonchev–Trinajstić information content (AvgIpc) is 3.46. The molecule has 4 rings (SSSR count). The Morgan fingerprint density at radius 1 is 1.21 bits per heavy atom. The molecule has 1 atom stereocenters. The molecule has 2 aliphatic rings. The Morgan fingerprint density at radius 3 is 2.71 bits per heavy atom. The molecule has 0 spiro atoms. The fourth-order valence-electron chi connectivity index (χ4n) is 3.78. The first-order chi connectivity index (χ1) is 16.5. The van der Waals surface area contributed by atoms with Crippen LogP contribution in [-0.4, -0.2) is 48.6 Å². The molecule has 1 saturated heterocycles. The zero-order chi connectivity index (χ0) is 24.1. The van der Waals surface area contributed by atoms with Crippen molar-refractivity contribution in [1.29, 1.82) is 0 Å². The Bertz CT molecular complexity index is 1130. The van der Waals surface area contributed by atoms with Crippen LogP contribution in [-0.2, 0) is 30.3 Å². The third kappa shape index (κ3) is 5.25. The van der Waals surface area contributed by atoms with Crippen LogP contribution in [0.1, 0.15) is 37.1 Å². The standard InChI is InChI=1S/C23H24N4O6S/c1-2-32-21(30)19-16(25-22(31)26-20(19)14-7-4-3-5-8-14)12-33-18(29)11-15-13-34-23(24-15)27-10-6-9-17(27)28/h3-5,7-8,13,20H,2,6,9-12H2,1H3,(H2,25,26,31)/t20-/m0/s1. The summed E-state index contributed by atoms with van der Waals surface area (Å²) >= 11 is 1.30. The molecular weight excluding hydrogens is 460 g/mol. The Labute approximate surface area is 199 Å². The minimum Gasteiger partial charge on any atom is -0.463 e. The van der Waals surface area contributed by atoms with Crippen molar-refractivity contribution in [2.75, 3.05) is 24.7 Å². The number of thiazole rings is 1. The first-order valence-electron chi connectivity index (χ1n) is 10.9. The molecule has 1 aromatic carbocycles. The van der Waals surface area contributed by atoms with E-state index < -0.39 is 24.0 Å². The quantitative estimate of drug-likeness (QED) is 0.550. The largest absolute Gasteiger partial charge is 0.463 e. The van der Waals surface area contributed by atoms with Gasteiger partial charge in [0, 0.05) is 18.3 Å². The van der Waals surface area contributed by atoms with E-state index >= 15 is 0 Å². The minimum absolute atomic E-state index is 0.0246. The Kier molecular flexibility index (Phi) is 7.21. The lowest BCUT2D eigenvalue weighted by atomic mass is 9.95. The van der Waals surface area contributed by atoms with E-state index in [9.17, 15) is 19.2 Å². The number of urea groups is 1. The molecular formula is C23H24N4O6S. The molecule has 2 aliphatic heterocycles. The van der Waals surface area contributed by atoms with Crippen LogP contribution in [0.2, 0.25) is 0 Å². The van der Waals surface area contributed by atoms with Crippen LogP contribution in [0.4, 0.5) is 9.93 Å². The van der Waals surface area contributed by atoms with E-state index in [2.05, 4.69) is 15.6 Å². The maximum absolute atomic E-state index is 12.7. The highest BCUT2D eigenvalue weighted by atomic mass is 32.1. The number of nitrogens with zero attached hydrogens (tertiary/aromatic N) is 2.